The van der Waals surface area contributed by atoms with Crippen LogP contribution in [-0.2, 0) is 0 Å². The molecule has 1 heterocycles. The van der Waals surface area contributed by atoms with Crippen molar-refractivity contribution in [3.63, 3.8) is 0 Å². The first-order valence-corrected chi connectivity index (χ1v) is 6.81. The number of nitrogens with zero attached hydrogens (tertiary/aromatic N) is 1. The molecule has 0 aliphatic rings. The maximum Gasteiger partial charge on any atom is 0.142 e. The van der Waals surface area contributed by atoms with E-state index in [9.17, 15) is 0 Å². The molecule has 0 aliphatic carbocycles. The van der Waals surface area contributed by atoms with Crippen molar-refractivity contribution in [3.8, 4) is 5.75 Å². The number of methoxy groups -OCH3 is 1. The van der Waals surface area contributed by atoms with Crippen LogP contribution in [0.25, 0.3) is 0 Å². The van der Waals surface area contributed by atoms with Crippen molar-refractivity contribution >= 4 is 0 Å². The number of hydrazine groups is 1. The molecular weight excluding hydrogens is 250 g/mol. The molecule has 4 heteroatoms. The van der Waals surface area contributed by atoms with Gasteiger partial charge in [-0.1, -0.05) is 37.3 Å². The highest BCUT2D eigenvalue weighted by Crippen LogP contribution is 2.35. The van der Waals surface area contributed by atoms with Crippen molar-refractivity contribution in [1.29, 1.82) is 0 Å². The van der Waals surface area contributed by atoms with Crippen molar-refractivity contribution in [1.82, 2.24) is 10.4 Å². The molecule has 3 N–H and O–H groups in total. The van der Waals surface area contributed by atoms with Crippen LogP contribution in [0, 0.1) is 0 Å². The molecule has 1 aromatic heterocycles. The van der Waals surface area contributed by atoms with Crippen molar-refractivity contribution in [2.24, 2.45) is 5.84 Å². The first-order valence-electron chi connectivity index (χ1n) is 6.81. The Balaban J connectivity index is 2.39. The van der Waals surface area contributed by atoms with Crippen molar-refractivity contribution in [3.05, 3.63) is 59.9 Å². The minimum absolute atomic E-state index is 0.0847. The molecule has 20 heavy (non-hydrogen) atoms. The summed E-state index contributed by atoms with van der Waals surface area (Å²) in [6, 6.07) is 14.0. The molecule has 0 saturated heterocycles. The van der Waals surface area contributed by atoms with E-state index in [0.717, 1.165) is 17.9 Å². The minimum atomic E-state index is -0.0847. The Bertz CT molecular complexity index is 530. The minimum Gasteiger partial charge on any atom is -0.495 e. The van der Waals surface area contributed by atoms with E-state index in [1.165, 1.54) is 5.56 Å². The van der Waals surface area contributed by atoms with Crippen LogP contribution in [0.2, 0.25) is 0 Å². The molecule has 0 radical (unpaired) electrons. The first-order chi connectivity index (χ1) is 9.81. The average molecular weight is 271 g/mol. The number of nitrogens with two attached hydrogens (primary N) is 1. The molecule has 0 fully saturated rings. The third-order valence-corrected chi connectivity index (χ3v) is 3.56. The van der Waals surface area contributed by atoms with E-state index < -0.39 is 0 Å². The van der Waals surface area contributed by atoms with Gasteiger partial charge in [0.2, 0.25) is 0 Å². The summed E-state index contributed by atoms with van der Waals surface area (Å²) in [6.45, 7) is 2.15. The Hall–Kier alpha value is -1.91. The van der Waals surface area contributed by atoms with Gasteiger partial charge in [0.25, 0.3) is 0 Å². The second kappa shape index (κ2) is 7.03. The Labute approximate surface area is 120 Å². The molecule has 0 bridgehead atoms. The fourth-order valence-electron chi connectivity index (χ4n) is 2.56. The lowest BCUT2D eigenvalue weighted by Gasteiger charge is -2.26. The highest BCUT2D eigenvalue weighted by molar-refractivity contribution is 5.33. The second-order valence-corrected chi connectivity index (χ2v) is 4.66. The monoisotopic (exact) mass is 271 g/mol. The molecule has 0 aliphatic heterocycles. The third-order valence-electron chi connectivity index (χ3n) is 3.56. The van der Waals surface area contributed by atoms with E-state index >= 15 is 0 Å². The van der Waals surface area contributed by atoms with Crippen molar-refractivity contribution < 1.29 is 4.74 Å². The molecule has 2 rings (SSSR count). The number of hydrogen-bond donors (Lipinski definition) is 2. The molecule has 4 nitrogen and oxygen atoms in total. The largest absolute Gasteiger partial charge is 0.495 e. The van der Waals surface area contributed by atoms with Crippen LogP contribution in [-0.4, -0.2) is 12.1 Å². The van der Waals surface area contributed by atoms with E-state index in [1.807, 2.05) is 30.3 Å². The van der Waals surface area contributed by atoms with Crippen LogP contribution in [0.15, 0.2) is 48.7 Å². The van der Waals surface area contributed by atoms with Crippen LogP contribution >= 0.6 is 0 Å². The van der Waals surface area contributed by atoms with Gasteiger partial charge in [0.05, 0.1) is 13.2 Å². The van der Waals surface area contributed by atoms with E-state index in [2.05, 4.69) is 29.5 Å². The number of ether oxygens (including phenoxy) is 1. The van der Waals surface area contributed by atoms with Crippen LogP contribution in [0.1, 0.15) is 36.6 Å². The van der Waals surface area contributed by atoms with E-state index in [4.69, 9.17) is 10.6 Å². The molecule has 2 atom stereocenters. The van der Waals surface area contributed by atoms with Gasteiger partial charge in [-0.15, -0.1) is 0 Å². The van der Waals surface area contributed by atoms with Gasteiger partial charge >= 0.3 is 0 Å². The zero-order chi connectivity index (χ0) is 14.4. The van der Waals surface area contributed by atoms with Crippen LogP contribution < -0.4 is 16.0 Å². The van der Waals surface area contributed by atoms with Crippen LogP contribution in [0.3, 0.4) is 0 Å². The Morgan fingerprint density at radius 2 is 1.95 bits per heavy atom. The molecule has 0 saturated carbocycles. The summed E-state index contributed by atoms with van der Waals surface area (Å²) in [4.78, 5) is 4.45. The molecule has 2 unspecified atom stereocenters. The topological polar surface area (TPSA) is 60.2 Å². The van der Waals surface area contributed by atoms with Gasteiger partial charge in [0.15, 0.2) is 0 Å². The molecule has 106 valence electrons. The van der Waals surface area contributed by atoms with Gasteiger partial charge in [-0.3, -0.25) is 16.3 Å². The van der Waals surface area contributed by atoms with Gasteiger partial charge in [0, 0.05) is 12.1 Å². The predicted molar refractivity (Wildman–Crippen MR) is 80.3 cm³/mol. The molecule has 1 aromatic carbocycles. The standard InChI is InChI=1S/C16H21N3O/c1-3-13(12-8-5-4-6-9-12)15(19-17)16-14(20-2)10-7-11-18-16/h4-11,13,15,19H,3,17H2,1-2H3. The van der Waals surface area contributed by atoms with Gasteiger partial charge in [-0.25, -0.2) is 0 Å². The number of benzene rings is 1. The fraction of sp³-hybridized carbons (Fsp3) is 0.312. The lowest BCUT2D eigenvalue weighted by atomic mass is 9.87. The van der Waals surface area contributed by atoms with Gasteiger partial charge in [-0.2, -0.15) is 0 Å². The third kappa shape index (κ3) is 2.98. The maximum atomic E-state index is 5.80. The molecule has 2 aromatic rings. The zero-order valence-corrected chi connectivity index (χ0v) is 11.9. The van der Waals surface area contributed by atoms with Gasteiger partial charge in [-0.05, 0) is 24.1 Å². The quantitative estimate of drug-likeness (QED) is 0.626. The second-order valence-electron chi connectivity index (χ2n) is 4.66. The lowest BCUT2D eigenvalue weighted by molar-refractivity contribution is 0.376. The Kier molecular flexibility index (Phi) is 5.09. The van der Waals surface area contributed by atoms with Crippen molar-refractivity contribution in [2.75, 3.05) is 7.11 Å². The Morgan fingerprint density at radius 1 is 1.20 bits per heavy atom. The van der Waals surface area contributed by atoms with Crippen LogP contribution in [0.4, 0.5) is 0 Å². The zero-order valence-electron chi connectivity index (χ0n) is 11.9. The summed E-state index contributed by atoms with van der Waals surface area (Å²) >= 11 is 0. The lowest BCUT2D eigenvalue weighted by Crippen LogP contribution is -2.33. The molecular formula is C16H21N3O. The van der Waals surface area contributed by atoms with E-state index in [-0.39, 0.29) is 12.0 Å². The molecule has 0 amide bonds. The number of rotatable bonds is 6. The Morgan fingerprint density at radius 3 is 2.55 bits per heavy atom. The number of pyridine rings is 1. The highest BCUT2D eigenvalue weighted by atomic mass is 16.5. The number of nitrogens with one attached hydrogen (secondary N) is 1. The molecule has 0 spiro atoms. The highest BCUT2D eigenvalue weighted by Gasteiger charge is 2.26. The summed E-state index contributed by atoms with van der Waals surface area (Å²) in [5.41, 5.74) is 4.98. The summed E-state index contributed by atoms with van der Waals surface area (Å²) in [6.07, 6.45) is 2.72. The number of hydrogen-bond acceptors (Lipinski definition) is 4. The van der Waals surface area contributed by atoms with Gasteiger partial charge < -0.3 is 4.74 Å². The smallest absolute Gasteiger partial charge is 0.142 e. The average Bonchev–Trinajstić information content (AvgIpc) is 2.53. The van der Waals surface area contributed by atoms with Crippen molar-refractivity contribution in [2.45, 2.75) is 25.3 Å². The SMILES string of the molecule is CCC(c1ccccc1)C(NN)c1ncccc1OC. The summed E-state index contributed by atoms with van der Waals surface area (Å²) in [5, 5.41) is 0. The predicted octanol–water partition coefficient (Wildman–Crippen LogP) is 2.79. The maximum absolute atomic E-state index is 5.80. The normalized spacial score (nSPS) is 13.8. The number of aromatic nitrogens is 1. The first kappa shape index (κ1) is 14.5. The van der Waals surface area contributed by atoms with Gasteiger partial charge in [0.1, 0.15) is 11.4 Å². The summed E-state index contributed by atoms with van der Waals surface area (Å²) in [5.74, 6) is 6.79. The van der Waals surface area contributed by atoms with Crippen LogP contribution in [0.5, 0.6) is 5.75 Å². The summed E-state index contributed by atoms with van der Waals surface area (Å²) < 4.78 is 5.40. The van der Waals surface area contributed by atoms with E-state index in [1.54, 1.807) is 13.3 Å². The van der Waals surface area contributed by atoms with E-state index in [0.29, 0.717) is 0 Å². The fourth-order valence-corrected chi connectivity index (χ4v) is 2.56. The summed E-state index contributed by atoms with van der Waals surface area (Å²) in [7, 11) is 1.65.